The fraction of sp³-hybridized carbons (Fsp3) is 0.459. The average Bonchev–Trinajstić information content (AvgIpc) is 2.99. The van der Waals surface area contributed by atoms with E-state index < -0.39 is 11.6 Å². The van der Waals surface area contributed by atoms with E-state index in [2.05, 4.69) is 43.3 Å². The highest BCUT2D eigenvalue weighted by Gasteiger charge is 2.35. The fourth-order valence-corrected chi connectivity index (χ4v) is 7.14. The number of fused-ring (bicyclic) bond motifs is 1. The quantitative estimate of drug-likeness (QED) is 0.232. The molecule has 3 heteroatoms. The molecule has 0 saturated heterocycles. The van der Waals surface area contributed by atoms with Crippen LogP contribution < -0.4 is 4.74 Å². The molecule has 0 aromatic heterocycles. The summed E-state index contributed by atoms with van der Waals surface area (Å²) >= 11 is 0. The number of rotatable bonds is 10. The Balaban J connectivity index is 1.15. The smallest absolute Gasteiger partial charge is 0.200 e. The number of hydrogen-bond acceptors (Lipinski definition) is 1. The number of halogens is 2. The summed E-state index contributed by atoms with van der Waals surface area (Å²) in [4.78, 5) is 0. The van der Waals surface area contributed by atoms with E-state index in [9.17, 15) is 8.78 Å². The van der Waals surface area contributed by atoms with Gasteiger partial charge in [-0.3, -0.25) is 0 Å². The third-order valence-electron chi connectivity index (χ3n) is 9.43. The summed E-state index contributed by atoms with van der Waals surface area (Å²) < 4.78 is 34.6. The van der Waals surface area contributed by atoms with Crippen LogP contribution in [0.4, 0.5) is 8.78 Å². The van der Waals surface area contributed by atoms with Crippen LogP contribution in [0.2, 0.25) is 0 Å². The molecule has 2 aliphatic carbocycles. The van der Waals surface area contributed by atoms with E-state index in [-0.39, 0.29) is 12.4 Å². The van der Waals surface area contributed by atoms with Crippen molar-refractivity contribution >= 4 is 0 Å². The zero-order valence-electron chi connectivity index (χ0n) is 24.2. The van der Waals surface area contributed by atoms with Crippen LogP contribution in [0, 0.1) is 29.4 Å². The van der Waals surface area contributed by atoms with Gasteiger partial charge in [0.15, 0.2) is 11.6 Å². The molecule has 1 nitrogen and oxygen atoms in total. The van der Waals surface area contributed by atoms with Crippen LogP contribution in [0.1, 0.15) is 94.2 Å². The Labute approximate surface area is 239 Å². The van der Waals surface area contributed by atoms with Gasteiger partial charge in [0.1, 0.15) is 6.61 Å². The van der Waals surface area contributed by atoms with Crippen molar-refractivity contribution in [2.75, 3.05) is 0 Å². The molecule has 0 spiro atoms. The molecule has 2 aliphatic rings. The van der Waals surface area contributed by atoms with Crippen molar-refractivity contribution in [2.45, 2.75) is 90.6 Å². The number of benzene rings is 3. The van der Waals surface area contributed by atoms with Gasteiger partial charge in [0.05, 0.1) is 0 Å². The Morgan fingerprint density at radius 2 is 1.50 bits per heavy atom. The first-order chi connectivity index (χ1) is 19.6. The Morgan fingerprint density at radius 1 is 0.800 bits per heavy atom. The van der Waals surface area contributed by atoms with Crippen LogP contribution in [0.15, 0.2) is 72.8 Å². The SMILES string of the molecule is C/C=C/CCc1ccc(OCc2ccc(-c3ccc(C4CCC5CC(CCC)CCC5C4)cc3)cc2)c(F)c1F. The van der Waals surface area contributed by atoms with Gasteiger partial charge in [-0.2, -0.15) is 4.39 Å². The number of hydrogen-bond donors (Lipinski definition) is 0. The predicted octanol–water partition coefficient (Wildman–Crippen LogP) is 10.8. The van der Waals surface area contributed by atoms with Crippen LogP contribution in [-0.2, 0) is 13.0 Å². The third-order valence-corrected chi connectivity index (χ3v) is 9.43. The van der Waals surface area contributed by atoms with Crippen molar-refractivity contribution in [3.8, 4) is 16.9 Å². The van der Waals surface area contributed by atoms with Crippen LogP contribution in [-0.4, -0.2) is 0 Å². The van der Waals surface area contributed by atoms with Gasteiger partial charge in [-0.1, -0.05) is 92.9 Å². The summed E-state index contributed by atoms with van der Waals surface area (Å²) in [6.07, 6.45) is 16.2. The molecule has 3 aromatic carbocycles. The van der Waals surface area contributed by atoms with Gasteiger partial charge < -0.3 is 4.74 Å². The van der Waals surface area contributed by atoms with Crippen LogP contribution in [0.5, 0.6) is 5.75 Å². The molecule has 0 bridgehead atoms. The second-order valence-electron chi connectivity index (χ2n) is 12.1. The van der Waals surface area contributed by atoms with Crippen molar-refractivity contribution in [1.82, 2.24) is 0 Å². The molecule has 0 radical (unpaired) electrons. The molecule has 4 unspecified atom stereocenters. The minimum Gasteiger partial charge on any atom is -0.486 e. The molecule has 5 rings (SSSR count). The van der Waals surface area contributed by atoms with Crippen LogP contribution in [0.3, 0.4) is 0 Å². The molecule has 2 saturated carbocycles. The summed E-state index contributed by atoms with van der Waals surface area (Å²) in [5.41, 5.74) is 5.14. The summed E-state index contributed by atoms with van der Waals surface area (Å²) in [6, 6.07) is 20.5. The minimum absolute atomic E-state index is 0.0463. The lowest BCUT2D eigenvalue weighted by Gasteiger charge is -2.42. The van der Waals surface area contributed by atoms with Crippen molar-refractivity contribution in [2.24, 2.45) is 17.8 Å². The lowest BCUT2D eigenvalue weighted by Crippen LogP contribution is -2.30. The van der Waals surface area contributed by atoms with Gasteiger partial charge in [-0.05, 0) is 109 Å². The lowest BCUT2D eigenvalue weighted by molar-refractivity contribution is 0.114. The maximum absolute atomic E-state index is 14.5. The molecule has 4 atom stereocenters. The van der Waals surface area contributed by atoms with Crippen LogP contribution >= 0.6 is 0 Å². The lowest BCUT2D eigenvalue weighted by atomic mass is 9.63. The minimum atomic E-state index is -0.910. The number of allylic oxidation sites excluding steroid dienone is 2. The van der Waals surface area contributed by atoms with Gasteiger partial charge in [0.2, 0.25) is 5.82 Å². The van der Waals surface area contributed by atoms with Crippen LogP contribution in [0.25, 0.3) is 11.1 Å². The van der Waals surface area contributed by atoms with E-state index >= 15 is 0 Å². The van der Waals surface area contributed by atoms with Gasteiger partial charge >= 0.3 is 0 Å². The standard InChI is InChI=1S/C37H44F2O/c1-3-5-6-8-31-21-22-35(37(39)36(31)38)40-25-27-10-12-28(13-11-27)29-15-17-30(18-16-29)33-20-19-32-23-26(7-4-2)9-14-34(32)24-33/h3,5,10-13,15-18,21-22,26,32-34H,4,6-9,14,19-20,23-25H2,1-2H3/b5-3+. The number of ether oxygens (including phenoxy) is 1. The highest BCUT2D eigenvalue weighted by atomic mass is 19.2. The first kappa shape index (κ1) is 28.6. The Bertz CT molecular complexity index is 1260. The average molecular weight is 543 g/mol. The highest BCUT2D eigenvalue weighted by Crippen LogP contribution is 2.48. The highest BCUT2D eigenvalue weighted by molar-refractivity contribution is 5.64. The Hall–Kier alpha value is -2.94. The predicted molar refractivity (Wildman–Crippen MR) is 162 cm³/mol. The van der Waals surface area contributed by atoms with Gasteiger partial charge in [0.25, 0.3) is 0 Å². The van der Waals surface area contributed by atoms with Gasteiger partial charge in [-0.25, -0.2) is 4.39 Å². The molecular weight excluding hydrogens is 498 g/mol. The maximum atomic E-state index is 14.5. The summed E-state index contributed by atoms with van der Waals surface area (Å²) in [6.45, 7) is 4.44. The zero-order valence-corrected chi connectivity index (χ0v) is 24.2. The number of aryl methyl sites for hydroxylation is 1. The molecule has 0 N–H and O–H groups in total. The second kappa shape index (κ2) is 13.6. The second-order valence-corrected chi connectivity index (χ2v) is 12.1. The molecule has 212 valence electrons. The third kappa shape index (κ3) is 6.85. The van der Waals surface area contributed by atoms with E-state index in [4.69, 9.17) is 4.74 Å². The summed E-state index contributed by atoms with van der Waals surface area (Å²) in [5.74, 6) is 1.80. The largest absolute Gasteiger partial charge is 0.486 e. The van der Waals surface area contributed by atoms with E-state index in [1.165, 1.54) is 68.6 Å². The van der Waals surface area contributed by atoms with E-state index in [1.54, 1.807) is 6.07 Å². The molecule has 2 fully saturated rings. The Morgan fingerprint density at radius 3 is 2.23 bits per heavy atom. The van der Waals surface area contributed by atoms with Gasteiger partial charge in [0, 0.05) is 0 Å². The topological polar surface area (TPSA) is 9.23 Å². The Kier molecular flexibility index (Phi) is 9.73. The first-order valence-electron chi connectivity index (χ1n) is 15.5. The van der Waals surface area contributed by atoms with E-state index in [0.717, 1.165) is 28.9 Å². The van der Waals surface area contributed by atoms with E-state index in [1.807, 2.05) is 31.2 Å². The molecule has 3 aromatic rings. The maximum Gasteiger partial charge on any atom is 0.200 e. The zero-order chi connectivity index (χ0) is 27.9. The normalized spacial score (nSPS) is 22.8. The molecular formula is C37H44F2O. The molecule has 40 heavy (non-hydrogen) atoms. The summed E-state index contributed by atoms with van der Waals surface area (Å²) in [5, 5.41) is 0. The van der Waals surface area contributed by atoms with Crippen molar-refractivity contribution in [3.05, 3.63) is 101 Å². The molecule has 0 aliphatic heterocycles. The summed E-state index contributed by atoms with van der Waals surface area (Å²) in [7, 11) is 0. The molecule has 0 amide bonds. The van der Waals surface area contributed by atoms with Gasteiger partial charge in [-0.15, -0.1) is 0 Å². The monoisotopic (exact) mass is 542 g/mol. The van der Waals surface area contributed by atoms with Crippen molar-refractivity contribution in [3.63, 3.8) is 0 Å². The van der Waals surface area contributed by atoms with E-state index in [0.29, 0.717) is 24.3 Å². The first-order valence-corrected chi connectivity index (χ1v) is 15.5. The van der Waals surface area contributed by atoms with Crippen molar-refractivity contribution in [1.29, 1.82) is 0 Å². The molecule has 0 heterocycles. The van der Waals surface area contributed by atoms with Crippen molar-refractivity contribution < 1.29 is 13.5 Å². The fourth-order valence-electron chi connectivity index (χ4n) is 7.14.